The van der Waals surface area contributed by atoms with Crippen LogP contribution in [0.1, 0.15) is 46.0 Å². The van der Waals surface area contributed by atoms with Crippen molar-refractivity contribution in [3.63, 3.8) is 0 Å². The number of carbonyl (C=O) groups excluding carboxylic acids is 1. The van der Waals surface area contributed by atoms with Gasteiger partial charge in [-0.3, -0.25) is 4.79 Å². The summed E-state index contributed by atoms with van der Waals surface area (Å²) in [6.07, 6.45) is 5.04. The maximum atomic E-state index is 11.1. The number of carbonyl (C=O) groups is 2. The van der Waals surface area contributed by atoms with Crippen molar-refractivity contribution in [3.05, 3.63) is 0 Å². The molecule has 0 aromatic carbocycles. The van der Waals surface area contributed by atoms with Gasteiger partial charge in [0.05, 0.1) is 0 Å². The third-order valence-corrected chi connectivity index (χ3v) is 3.29. The van der Waals surface area contributed by atoms with E-state index in [1.807, 2.05) is 6.92 Å². The number of aliphatic carboxylic acids is 1. The first-order chi connectivity index (χ1) is 6.96. The third-order valence-electron chi connectivity index (χ3n) is 3.29. The standard InChI is InChI=1S/C11H19NO3/c1-8(13)12-9(10(14)15)11(2)6-4-3-5-7-11/h9H,3-7H2,1-2H3,(H,12,13)(H,14,15). The van der Waals surface area contributed by atoms with Crippen LogP contribution in [0, 0.1) is 5.41 Å². The summed E-state index contributed by atoms with van der Waals surface area (Å²) in [5.74, 6) is -1.19. The van der Waals surface area contributed by atoms with Gasteiger partial charge in [-0.2, -0.15) is 0 Å². The predicted octanol–water partition coefficient (Wildman–Crippen LogP) is 1.55. The molecule has 0 aromatic heterocycles. The number of nitrogens with one attached hydrogen (secondary N) is 1. The number of carboxylic acids is 1. The molecular weight excluding hydrogens is 194 g/mol. The van der Waals surface area contributed by atoms with Crippen LogP contribution >= 0.6 is 0 Å². The van der Waals surface area contributed by atoms with Crippen LogP contribution in [0.4, 0.5) is 0 Å². The van der Waals surface area contributed by atoms with E-state index in [4.69, 9.17) is 5.11 Å². The number of amides is 1. The lowest BCUT2D eigenvalue weighted by Gasteiger charge is -2.38. The topological polar surface area (TPSA) is 66.4 Å². The Kier molecular flexibility index (Phi) is 3.72. The van der Waals surface area contributed by atoms with Gasteiger partial charge in [-0.25, -0.2) is 4.79 Å². The minimum absolute atomic E-state index is 0.269. The highest BCUT2D eigenvalue weighted by Gasteiger charge is 2.40. The summed E-state index contributed by atoms with van der Waals surface area (Å²) >= 11 is 0. The van der Waals surface area contributed by atoms with Crippen molar-refractivity contribution in [2.45, 2.75) is 52.0 Å². The average Bonchev–Trinajstić information content (AvgIpc) is 2.14. The molecule has 1 amide bonds. The van der Waals surface area contributed by atoms with Crippen LogP contribution in [0.3, 0.4) is 0 Å². The maximum Gasteiger partial charge on any atom is 0.326 e. The van der Waals surface area contributed by atoms with E-state index in [9.17, 15) is 9.59 Å². The van der Waals surface area contributed by atoms with E-state index in [0.29, 0.717) is 0 Å². The van der Waals surface area contributed by atoms with Gasteiger partial charge in [0.15, 0.2) is 0 Å². The third kappa shape index (κ3) is 2.94. The Hall–Kier alpha value is -1.06. The fourth-order valence-corrected chi connectivity index (χ4v) is 2.39. The van der Waals surface area contributed by atoms with E-state index < -0.39 is 12.0 Å². The van der Waals surface area contributed by atoms with E-state index in [-0.39, 0.29) is 11.3 Å². The summed E-state index contributed by atoms with van der Waals surface area (Å²) in [7, 11) is 0. The Bertz CT molecular complexity index is 257. The molecule has 15 heavy (non-hydrogen) atoms. The molecule has 1 fully saturated rings. The molecule has 1 saturated carbocycles. The molecule has 0 saturated heterocycles. The van der Waals surface area contributed by atoms with E-state index >= 15 is 0 Å². The van der Waals surface area contributed by atoms with Crippen molar-refractivity contribution in [2.24, 2.45) is 5.41 Å². The van der Waals surface area contributed by atoms with Crippen LogP contribution in [0.5, 0.6) is 0 Å². The van der Waals surface area contributed by atoms with E-state index in [0.717, 1.165) is 25.7 Å². The first-order valence-electron chi connectivity index (χ1n) is 5.45. The molecule has 1 rings (SSSR count). The highest BCUT2D eigenvalue weighted by Crippen LogP contribution is 2.38. The quantitative estimate of drug-likeness (QED) is 0.747. The van der Waals surface area contributed by atoms with Crippen LogP contribution in [0.15, 0.2) is 0 Å². The monoisotopic (exact) mass is 213 g/mol. The number of hydrogen-bond acceptors (Lipinski definition) is 2. The van der Waals surface area contributed by atoms with Gasteiger partial charge in [-0.05, 0) is 18.3 Å². The lowest BCUT2D eigenvalue weighted by atomic mass is 9.70. The highest BCUT2D eigenvalue weighted by molar-refractivity contribution is 5.82. The fourth-order valence-electron chi connectivity index (χ4n) is 2.39. The predicted molar refractivity (Wildman–Crippen MR) is 56.4 cm³/mol. The summed E-state index contributed by atoms with van der Waals surface area (Å²) in [5, 5.41) is 11.7. The molecule has 0 aromatic rings. The first kappa shape index (κ1) is 12.0. The largest absolute Gasteiger partial charge is 0.480 e. The summed E-state index contributed by atoms with van der Waals surface area (Å²) in [6, 6.07) is -0.740. The number of rotatable bonds is 3. The molecule has 0 heterocycles. The van der Waals surface area contributed by atoms with Gasteiger partial charge in [-0.15, -0.1) is 0 Å². The van der Waals surface area contributed by atoms with E-state index in [2.05, 4.69) is 5.32 Å². The van der Waals surface area contributed by atoms with Crippen LogP contribution in [-0.4, -0.2) is 23.0 Å². The Morgan fingerprint density at radius 2 is 1.80 bits per heavy atom. The summed E-state index contributed by atoms with van der Waals surface area (Å²) < 4.78 is 0. The van der Waals surface area contributed by atoms with Crippen LogP contribution in [0.2, 0.25) is 0 Å². The maximum absolute atomic E-state index is 11.1. The molecule has 86 valence electrons. The minimum Gasteiger partial charge on any atom is -0.480 e. The lowest BCUT2D eigenvalue weighted by molar-refractivity contribution is -0.146. The van der Waals surface area contributed by atoms with E-state index in [1.165, 1.54) is 13.3 Å². The molecule has 0 spiro atoms. The molecule has 0 bridgehead atoms. The second-order valence-corrected chi connectivity index (χ2v) is 4.69. The second kappa shape index (κ2) is 4.64. The smallest absolute Gasteiger partial charge is 0.326 e. The summed E-state index contributed by atoms with van der Waals surface area (Å²) in [4.78, 5) is 22.1. The average molecular weight is 213 g/mol. The van der Waals surface area contributed by atoms with Crippen molar-refractivity contribution in [3.8, 4) is 0 Å². The molecule has 0 radical (unpaired) electrons. The van der Waals surface area contributed by atoms with Crippen LogP contribution in [0.25, 0.3) is 0 Å². The SMILES string of the molecule is CC(=O)NC(C(=O)O)C1(C)CCCCC1. The van der Waals surface area contributed by atoms with Crippen LogP contribution < -0.4 is 5.32 Å². The van der Waals surface area contributed by atoms with Gasteiger partial charge in [0, 0.05) is 6.92 Å². The highest BCUT2D eigenvalue weighted by atomic mass is 16.4. The van der Waals surface area contributed by atoms with Gasteiger partial charge in [0.2, 0.25) is 5.91 Å². The fraction of sp³-hybridized carbons (Fsp3) is 0.818. The number of hydrogen-bond donors (Lipinski definition) is 2. The molecule has 2 N–H and O–H groups in total. The summed E-state index contributed by atoms with van der Waals surface area (Å²) in [6.45, 7) is 3.32. The Balaban J connectivity index is 2.76. The Labute approximate surface area is 90.0 Å². The van der Waals surface area contributed by atoms with Gasteiger partial charge in [-0.1, -0.05) is 26.2 Å². The zero-order valence-corrected chi connectivity index (χ0v) is 9.38. The van der Waals surface area contributed by atoms with Crippen molar-refractivity contribution in [2.75, 3.05) is 0 Å². The molecule has 1 atom stereocenters. The Morgan fingerprint density at radius 1 is 1.27 bits per heavy atom. The zero-order chi connectivity index (χ0) is 11.5. The van der Waals surface area contributed by atoms with Gasteiger partial charge in [0.25, 0.3) is 0 Å². The number of carboxylic acid groups (broad SMARTS) is 1. The van der Waals surface area contributed by atoms with Gasteiger partial charge >= 0.3 is 5.97 Å². The van der Waals surface area contributed by atoms with Crippen molar-refractivity contribution in [1.82, 2.24) is 5.32 Å². The molecule has 0 aliphatic heterocycles. The van der Waals surface area contributed by atoms with Gasteiger partial charge in [0.1, 0.15) is 6.04 Å². The molecule has 4 nitrogen and oxygen atoms in total. The minimum atomic E-state index is -0.922. The zero-order valence-electron chi connectivity index (χ0n) is 9.38. The van der Waals surface area contributed by atoms with Gasteiger partial charge < -0.3 is 10.4 Å². The van der Waals surface area contributed by atoms with Crippen molar-refractivity contribution >= 4 is 11.9 Å². The summed E-state index contributed by atoms with van der Waals surface area (Å²) in [5.41, 5.74) is -0.282. The van der Waals surface area contributed by atoms with Crippen molar-refractivity contribution < 1.29 is 14.7 Å². The molecule has 4 heteroatoms. The molecular formula is C11H19NO3. The lowest BCUT2D eigenvalue weighted by Crippen LogP contribution is -2.51. The normalized spacial score (nSPS) is 21.7. The molecule has 1 unspecified atom stereocenters. The first-order valence-corrected chi connectivity index (χ1v) is 5.45. The molecule has 1 aliphatic carbocycles. The van der Waals surface area contributed by atoms with Crippen molar-refractivity contribution in [1.29, 1.82) is 0 Å². The second-order valence-electron chi connectivity index (χ2n) is 4.69. The molecule has 1 aliphatic rings. The Morgan fingerprint density at radius 3 is 2.20 bits per heavy atom. The van der Waals surface area contributed by atoms with Crippen LogP contribution in [-0.2, 0) is 9.59 Å². The van der Waals surface area contributed by atoms with E-state index in [1.54, 1.807) is 0 Å².